The summed E-state index contributed by atoms with van der Waals surface area (Å²) in [6, 6.07) is 6.85. The summed E-state index contributed by atoms with van der Waals surface area (Å²) in [5.41, 5.74) is 1.42. The Labute approximate surface area is 173 Å². The minimum absolute atomic E-state index is 0.0678. The lowest BCUT2D eigenvalue weighted by Crippen LogP contribution is -2.11. The lowest BCUT2D eigenvalue weighted by Gasteiger charge is -2.17. The number of non-ortho nitro benzene ring substituents is 1. The summed E-state index contributed by atoms with van der Waals surface area (Å²) in [6.07, 6.45) is 2.76. The summed E-state index contributed by atoms with van der Waals surface area (Å²) in [7, 11) is 0. The van der Waals surface area contributed by atoms with E-state index in [9.17, 15) is 20.2 Å². The highest BCUT2D eigenvalue weighted by Crippen LogP contribution is 2.42. The first-order chi connectivity index (χ1) is 13.4. The number of nitriles is 1. The second-order valence-corrected chi connectivity index (χ2v) is 9.31. The quantitative estimate of drug-likeness (QED) is 0.420. The van der Waals surface area contributed by atoms with Crippen LogP contribution in [0.2, 0.25) is 5.02 Å². The number of nitro benzene ring substituents is 1. The van der Waals surface area contributed by atoms with Crippen molar-refractivity contribution in [2.75, 3.05) is 5.32 Å². The van der Waals surface area contributed by atoms with Gasteiger partial charge in [-0.2, -0.15) is 5.26 Å². The number of amides is 1. The molecule has 0 unspecified atom stereocenters. The van der Waals surface area contributed by atoms with E-state index in [-0.39, 0.29) is 21.0 Å². The minimum atomic E-state index is -0.509. The van der Waals surface area contributed by atoms with Gasteiger partial charge in [-0.3, -0.25) is 14.9 Å². The van der Waals surface area contributed by atoms with Gasteiger partial charge in [-0.1, -0.05) is 24.6 Å². The number of nitrogens with one attached hydrogen (secondary N) is 1. The van der Waals surface area contributed by atoms with E-state index in [0.717, 1.165) is 41.0 Å². The van der Waals surface area contributed by atoms with Gasteiger partial charge in [-0.15, -0.1) is 22.7 Å². The molecule has 2 aromatic heterocycles. The number of fused-ring (bicyclic) bond motifs is 2. The van der Waals surface area contributed by atoms with Crippen LogP contribution in [0.1, 0.15) is 39.0 Å². The predicted molar refractivity (Wildman–Crippen MR) is 112 cm³/mol. The van der Waals surface area contributed by atoms with Crippen LogP contribution >= 0.6 is 34.3 Å². The number of nitro groups is 1. The van der Waals surface area contributed by atoms with E-state index in [1.54, 1.807) is 12.1 Å². The number of halogens is 1. The first kappa shape index (κ1) is 18.9. The van der Waals surface area contributed by atoms with Crippen molar-refractivity contribution >= 4 is 61.0 Å². The molecular weight excluding hydrogens is 418 g/mol. The third kappa shape index (κ3) is 3.05. The Kier molecular flexibility index (Phi) is 4.83. The second kappa shape index (κ2) is 7.17. The first-order valence-corrected chi connectivity index (χ1v) is 10.6. The Hall–Kier alpha value is -2.47. The molecule has 0 saturated carbocycles. The van der Waals surface area contributed by atoms with Gasteiger partial charge in [0.25, 0.3) is 11.6 Å². The maximum atomic E-state index is 12.9. The zero-order valence-electron chi connectivity index (χ0n) is 14.7. The van der Waals surface area contributed by atoms with Crippen LogP contribution in [0.5, 0.6) is 0 Å². The summed E-state index contributed by atoms with van der Waals surface area (Å²) in [5.74, 6) is 0.0995. The molecule has 28 heavy (non-hydrogen) atoms. The molecule has 3 aromatic rings. The number of thiophene rings is 2. The normalized spacial score (nSPS) is 15.8. The van der Waals surface area contributed by atoms with E-state index in [1.165, 1.54) is 17.4 Å². The zero-order chi connectivity index (χ0) is 20.0. The number of hydrogen-bond donors (Lipinski definition) is 1. The van der Waals surface area contributed by atoms with Crippen molar-refractivity contribution in [1.29, 1.82) is 5.26 Å². The molecule has 1 atom stereocenters. The summed E-state index contributed by atoms with van der Waals surface area (Å²) < 4.78 is 0.573. The molecule has 1 amide bonds. The molecule has 0 fully saturated rings. The van der Waals surface area contributed by atoms with Crippen LogP contribution in [-0.2, 0) is 12.8 Å². The number of carbonyl (C=O) groups excluding carboxylic acids is 1. The van der Waals surface area contributed by atoms with Crippen LogP contribution in [0.15, 0.2) is 18.2 Å². The molecule has 9 heteroatoms. The number of carbonyl (C=O) groups is 1. The lowest BCUT2D eigenvalue weighted by molar-refractivity contribution is -0.383. The van der Waals surface area contributed by atoms with E-state index in [1.807, 2.05) is 0 Å². The van der Waals surface area contributed by atoms with E-state index in [2.05, 4.69) is 18.3 Å². The number of benzene rings is 1. The first-order valence-electron chi connectivity index (χ1n) is 8.62. The van der Waals surface area contributed by atoms with Crippen LogP contribution < -0.4 is 5.32 Å². The topological polar surface area (TPSA) is 96.0 Å². The van der Waals surface area contributed by atoms with Crippen molar-refractivity contribution in [1.82, 2.24) is 0 Å². The van der Waals surface area contributed by atoms with Crippen molar-refractivity contribution in [3.8, 4) is 6.07 Å². The molecule has 0 aliphatic heterocycles. The van der Waals surface area contributed by atoms with Crippen molar-refractivity contribution in [2.45, 2.75) is 26.2 Å². The highest BCUT2D eigenvalue weighted by molar-refractivity contribution is 7.22. The van der Waals surface area contributed by atoms with Gasteiger partial charge in [0.1, 0.15) is 15.9 Å². The van der Waals surface area contributed by atoms with E-state index >= 15 is 0 Å². The number of rotatable bonds is 3. The van der Waals surface area contributed by atoms with E-state index in [4.69, 9.17) is 11.6 Å². The molecule has 6 nitrogen and oxygen atoms in total. The average Bonchev–Trinajstić information content (AvgIpc) is 3.18. The third-order valence-corrected chi connectivity index (χ3v) is 7.70. The van der Waals surface area contributed by atoms with Crippen LogP contribution in [0.4, 0.5) is 10.7 Å². The van der Waals surface area contributed by atoms with Crippen LogP contribution in [-0.4, -0.2) is 10.8 Å². The lowest BCUT2D eigenvalue weighted by atomic mass is 9.89. The van der Waals surface area contributed by atoms with Gasteiger partial charge >= 0.3 is 0 Å². The minimum Gasteiger partial charge on any atom is -0.312 e. The molecular formula is C19H14ClN3O3S2. The highest BCUT2D eigenvalue weighted by Gasteiger charge is 2.27. The van der Waals surface area contributed by atoms with Crippen molar-refractivity contribution < 1.29 is 9.72 Å². The molecule has 142 valence electrons. The highest BCUT2D eigenvalue weighted by atomic mass is 35.5. The Balaban J connectivity index is 1.72. The van der Waals surface area contributed by atoms with Crippen LogP contribution in [0.3, 0.4) is 0 Å². The molecule has 0 saturated heterocycles. The predicted octanol–water partition coefficient (Wildman–Crippen LogP) is 5.77. The van der Waals surface area contributed by atoms with Gasteiger partial charge < -0.3 is 5.32 Å². The monoisotopic (exact) mass is 431 g/mol. The number of hydrogen-bond acceptors (Lipinski definition) is 6. The van der Waals surface area contributed by atoms with Crippen molar-refractivity contribution in [3.05, 3.63) is 54.2 Å². The van der Waals surface area contributed by atoms with Gasteiger partial charge in [0.05, 0.1) is 20.9 Å². The molecule has 2 heterocycles. The Morgan fingerprint density at radius 2 is 2.21 bits per heavy atom. The summed E-state index contributed by atoms with van der Waals surface area (Å²) >= 11 is 8.88. The fourth-order valence-corrected chi connectivity index (χ4v) is 6.33. The second-order valence-electron chi connectivity index (χ2n) is 6.77. The van der Waals surface area contributed by atoms with E-state index in [0.29, 0.717) is 21.2 Å². The largest absolute Gasteiger partial charge is 0.312 e. The molecule has 0 bridgehead atoms. The molecule has 4 rings (SSSR count). The molecule has 1 N–H and O–H groups in total. The van der Waals surface area contributed by atoms with Gasteiger partial charge in [0.15, 0.2) is 0 Å². The maximum absolute atomic E-state index is 12.9. The summed E-state index contributed by atoms with van der Waals surface area (Å²) in [6.45, 7) is 2.18. The standard InChI is InChI=1S/C19H14ClN3O3S2/c1-9-5-6-10-11(8-21)19(28-14(10)7-9)22-18(24)17-16(20)15-12(23(25)26)3-2-4-13(15)27-17/h2-4,9H,5-7H2,1H3,(H,22,24)/t9-/m1/s1. The van der Waals surface area contributed by atoms with Gasteiger partial charge in [0.2, 0.25) is 0 Å². The average molecular weight is 432 g/mol. The molecule has 0 spiro atoms. The number of nitrogens with zero attached hydrogens (tertiary/aromatic N) is 2. The molecule has 1 aliphatic rings. The Morgan fingerprint density at radius 3 is 2.93 bits per heavy atom. The zero-order valence-corrected chi connectivity index (χ0v) is 17.1. The van der Waals surface area contributed by atoms with Gasteiger partial charge in [-0.25, -0.2) is 0 Å². The van der Waals surface area contributed by atoms with Crippen molar-refractivity contribution in [2.24, 2.45) is 5.92 Å². The molecule has 1 aromatic carbocycles. The summed E-state index contributed by atoms with van der Waals surface area (Å²) in [5, 5.41) is 24.5. The van der Waals surface area contributed by atoms with E-state index < -0.39 is 10.8 Å². The SMILES string of the molecule is C[C@@H]1CCc2c(sc(NC(=O)c3sc4cccc([N+](=O)[O-])c4c3Cl)c2C#N)C1. The molecule has 1 aliphatic carbocycles. The Bertz CT molecular complexity index is 1180. The Morgan fingerprint density at radius 1 is 1.43 bits per heavy atom. The molecule has 0 radical (unpaired) electrons. The fraction of sp³-hybridized carbons (Fsp3) is 0.263. The van der Waals surface area contributed by atoms with Crippen LogP contribution in [0.25, 0.3) is 10.1 Å². The smallest absolute Gasteiger partial charge is 0.279 e. The van der Waals surface area contributed by atoms with Gasteiger partial charge in [-0.05, 0) is 36.8 Å². The van der Waals surface area contributed by atoms with Crippen LogP contribution in [0, 0.1) is 27.4 Å². The third-order valence-electron chi connectivity index (χ3n) is 4.89. The van der Waals surface area contributed by atoms with Crippen molar-refractivity contribution in [3.63, 3.8) is 0 Å². The van der Waals surface area contributed by atoms with Gasteiger partial charge in [0, 0.05) is 15.6 Å². The fourth-order valence-electron chi connectivity index (χ4n) is 3.51. The number of anilines is 1. The maximum Gasteiger partial charge on any atom is 0.279 e. The summed E-state index contributed by atoms with van der Waals surface area (Å²) in [4.78, 5) is 25.0.